The second-order valence-electron chi connectivity index (χ2n) is 27.9. The number of fused-ring (bicyclic) bond motifs is 1. The molecule has 5 aromatic rings. The molecule has 9 heterocycles. The number of halogens is 1. The summed E-state index contributed by atoms with van der Waals surface area (Å²) < 4.78 is 31.5. The number of nitrogens with zero attached hydrogens (tertiary/aromatic N) is 9. The van der Waals surface area contributed by atoms with E-state index in [9.17, 15) is 57.8 Å². The van der Waals surface area contributed by atoms with Gasteiger partial charge in [0.15, 0.2) is 5.78 Å². The number of methoxy groups -OCH3 is 2. The standard InChI is InChI=1S/C27H26BrN5O5.C17H23N3O5.C16H21N3O5.C11H20N2O4/c28-25-12-21(38-32-25)7-8-24(34)23-11-20(31-26(35)19-5-3-9-29-14-19)15-33(23)27(36)37-16-17-10-18-4-1-2-6-22(18)30-13-17;1-17(2,3)25-16(23)20-10-12(8-13(20)15(22)24-4)19-14(21)11-6-5-7-18-9-11;1-16(2,3)24-15(23)19-9-11(7-12(19)14(21)22)18-13(20)10-5-4-6-17-8-10;1-11(2,3)17-10(15)13-6-7(12)5-8(13)9(14)16-4/h1-6,9-10,13-14,20-21,23H,7-8,11-12,15-16H2,(H,31,35);5-7,9,12-13H,8,10H2,1-4H3,(H,19,21);4-6,8,11-12H,7,9H2,1-3H3,(H,18,20)(H,21,22);7-8H,5-6,12H2,1-4H3/t20-,21-,23+;12-,13+;11-,12+;7-,8+/m1111/s1. The first-order chi connectivity index (χ1) is 49.1. The number of hydrogen-bond donors (Lipinski definition) is 5. The molecule has 560 valence electrons. The number of hydrogen-bond acceptors (Lipinski definition) is 24. The molecule has 5 aliphatic rings. The number of esters is 2. The number of likely N-dealkylation sites (tertiary alicyclic amines) is 4. The van der Waals surface area contributed by atoms with Crippen molar-refractivity contribution in [1.29, 1.82) is 0 Å². The number of benzene rings is 1. The molecule has 9 atom stereocenters. The van der Waals surface area contributed by atoms with Crippen LogP contribution in [0.3, 0.4) is 0 Å². The van der Waals surface area contributed by atoms with E-state index in [-0.39, 0.29) is 87.2 Å². The third-order valence-corrected chi connectivity index (χ3v) is 16.6. The summed E-state index contributed by atoms with van der Waals surface area (Å²) in [6.45, 7) is 16.4. The van der Waals surface area contributed by atoms with Crippen molar-refractivity contribution in [3.63, 3.8) is 0 Å². The van der Waals surface area contributed by atoms with Crippen LogP contribution in [0.2, 0.25) is 0 Å². The number of carboxylic acids is 1. The van der Waals surface area contributed by atoms with Crippen molar-refractivity contribution in [2.45, 2.75) is 185 Å². The molecular formula is C71H90BrN13O19. The highest BCUT2D eigenvalue weighted by atomic mass is 79.9. The Morgan fingerprint density at radius 1 is 0.558 bits per heavy atom. The summed E-state index contributed by atoms with van der Waals surface area (Å²) in [5.41, 5.74) is 6.53. The van der Waals surface area contributed by atoms with Crippen LogP contribution < -0.4 is 21.7 Å². The number of nitrogens with two attached hydrogens (primary N) is 1. The molecule has 33 heteroatoms. The van der Waals surface area contributed by atoms with Crippen LogP contribution in [0.1, 0.15) is 144 Å². The maximum Gasteiger partial charge on any atom is 0.411 e. The number of oxime groups is 1. The molecule has 0 aliphatic carbocycles. The van der Waals surface area contributed by atoms with E-state index in [0.717, 1.165) is 21.4 Å². The molecule has 0 bridgehead atoms. The molecule has 10 rings (SSSR count). The number of nitrogens with one attached hydrogen (secondary N) is 3. The lowest BCUT2D eigenvalue weighted by molar-refractivity contribution is -0.146. The minimum absolute atomic E-state index is 0.0159. The number of rotatable bonds is 15. The molecule has 4 saturated heterocycles. The SMILES string of the molecule is CC(C)(C)OC(=O)N1C[C@H](NC(=O)c2cccnc2)C[C@H]1C(=O)O.COC(=O)[C@@H]1C[C@@H](N)CN1C(=O)OC(C)(C)C.COC(=O)[C@@H]1C[C@@H](NC(=O)c2cccnc2)CN1C(=O)OC(C)(C)C.O=C(N[C@@H]1C[C@@H](C(=O)CC[C@@H]2CC(Br)=NO2)N(C(=O)OCc2cnc3ccccc3c2)C1)c1cccnc1. The fourth-order valence-corrected chi connectivity index (χ4v) is 11.9. The summed E-state index contributed by atoms with van der Waals surface area (Å²) in [4.78, 5) is 161. The molecule has 1 aromatic carbocycles. The van der Waals surface area contributed by atoms with Gasteiger partial charge in [-0.15, -0.1) is 0 Å². The predicted octanol–water partition coefficient (Wildman–Crippen LogP) is 7.12. The molecule has 4 aromatic heterocycles. The van der Waals surface area contributed by atoms with Gasteiger partial charge in [0.05, 0.1) is 42.5 Å². The summed E-state index contributed by atoms with van der Waals surface area (Å²) in [7, 11) is 2.55. The van der Waals surface area contributed by atoms with Gasteiger partial charge in [-0.2, -0.15) is 0 Å². The average molecular weight is 1510 g/mol. The smallest absolute Gasteiger partial charge is 0.411 e. The Bertz CT molecular complexity index is 3880. The van der Waals surface area contributed by atoms with Gasteiger partial charge in [-0.1, -0.05) is 23.4 Å². The van der Waals surface area contributed by atoms with E-state index in [1.54, 1.807) is 123 Å². The van der Waals surface area contributed by atoms with E-state index >= 15 is 0 Å². The number of Topliss-reactive ketones (excluding diaryl/α,β-unsaturated/α-hetero) is 1. The van der Waals surface area contributed by atoms with Crippen molar-refractivity contribution >= 4 is 97.2 Å². The first-order valence-electron chi connectivity index (χ1n) is 33.5. The number of amides is 7. The number of para-hydroxylation sites is 1. The van der Waals surface area contributed by atoms with Gasteiger partial charge in [0.2, 0.25) is 0 Å². The zero-order valence-electron chi connectivity index (χ0n) is 59.8. The molecule has 32 nitrogen and oxygen atoms in total. The molecule has 4 fully saturated rings. The van der Waals surface area contributed by atoms with Crippen molar-refractivity contribution in [3.05, 3.63) is 132 Å². The first-order valence-corrected chi connectivity index (χ1v) is 34.3. The molecule has 5 aliphatic heterocycles. The Hall–Kier alpha value is -10.4. The number of ketones is 1. The van der Waals surface area contributed by atoms with Gasteiger partial charge >= 0.3 is 42.3 Å². The van der Waals surface area contributed by atoms with Crippen molar-refractivity contribution < 1.29 is 91.1 Å². The van der Waals surface area contributed by atoms with Crippen LogP contribution in [-0.4, -0.2) is 227 Å². The predicted molar refractivity (Wildman–Crippen MR) is 377 cm³/mol. The topological polar surface area (TPSA) is 412 Å². The van der Waals surface area contributed by atoms with Crippen molar-refractivity contribution in [2.24, 2.45) is 10.9 Å². The normalized spacial score (nSPS) is 21.1. The Labute approximate surface area is 609 Å². The van der Waals surface area contributed by atoms with E-state index in [0.29, 0.717) is 53.5 Å². The summed E-state index contributed by atoms with van der Waals surface area (Å²) in [5, 5.41) is 22.6. The fraction of sp³-hybridized carbons (Fsp3) is 0.493. The molecular weight excluding hydrogens is 1420 g/mol. The van der Waals surface area contributed by atoms with Crippen LogP contribution in [0, 0.1) is 0 Å². The van der Waals surface area contributed by atoms with Crippen molar-refractivity contribution in [2.75, 3.05) is 40.4 Å². The Morgan fingerprint density at radius 2 is 0.981 bits per heavy atom. The maximum atomic E-state index is 13.2. The molecule has 0 spiro atoms. The van der Waals surface area contributed by atoms with Gasteiger partial charge in [-0.3, -0.25) is 58.7 Å². The number of pyridine rings is 4. The van der Waals surface area contributed by atoms with Gasteiger partial charge in [0.25, 0.3) is 17.7 Å². The zero-order chi connectivity index (χ0) is 76.2. The maximum absolute atomic E-state index is 13.2. The first kappa shape index (κ1) is 80.9. The number of aromatic nitrogens is 4. The van der Waals surface area contributed by atoms with E-state index < -0.39 is 95.3 Å². The molecule has 7 amide bonds. The molecule has 6 N–H and O–H groups in total. The summed E-state index contributed by atoms with van der Waals surface area (Å²) in [6, 6.07) is 14.8. The summed E-state index contributed by atoms with van der Waals surface area (Å²) in [6.07, 6.45) is 10.5. The lowest BCUT2D eigenvalue weighted by Crippen LogP contribution is -2.44. The van der Waals surface area contributed by atoms with Gasteiger partial charge < -0.3 is 60.0 Å². The van der Waals surface area contributed by atoms with E-state index in [4.69, 9.17) is 34.3 Å². The van der Waals surface area contributed by atoms with Gasteiger partial charge in [-0.25, -0.2) is 33.6 Å². The largest absolute Gasteiger partial charge is 0.480 e. The quantitative estimate of drug-likeness (QED) is 0.0514. The molecule has 104 heavy (non-hydrogen) atoms. The fourth-order valence-electron chi connectivity index (χ4n) is 11.5. The lowest BCUT2D eigenvalue weighted by Gasteiger charge is -2.27. The van der Waals surface area contributed by atoms with E-state index in [1.165, 1.54) is 47.5 Å². The van der Waals surface area contributed by atoms with Gasteiger partial charge in [-0.05, 0) is 146 Å². The van der Waals surface area contributed by atoms with Crippen LogP contribution in [-0.2, 0) is 59.0 Å². The van der Waals surface area contributed by atoms with Crippen LogP contribution in [0.25, 0.3) is 10.9 Å². The Kier molecular flexibility index (Phi) is 28.5. The highest BCUT2D eigenvalue weighted by Gasteiger charge is 2.46. The second kappa shape index (κ2) is 36.6. The lowest BCUT2D eigenvalue weighted by atomic mass is 10.0. The minimum atomic E-state index is -1.13. The molecule has 0 radical (unpaired) electrons. The number of carboxylic acid groups (broad SMARTS) is 1. The van der Waals surface area contributed by atoms with Gasteiger partial charge in [0.1, 0.15) is 52.3 Å². The van der Waals surface area contributed by atoms with E-state index in [2.05, 4.69) is 61.7 Å². The van der Waals surface area contributed by atoms with Crippen LogP contribution in [0.4, 0.5) is 19.2 Å². The number of ether oxygens (including phenoxy) is 6. The number of carbonyl (C=O) groups is 11. The zero-order valence-corrected chi connectivity index (χ0v) is 61.4. The van der Waals surface area contributed by atoms with Crippen molar-refractivity contribution in [1.82, 2.24) is 55.5 Å². The van der Waals surface area contributed by atoms with Crippen LogP contribution in [0.5, 0.6) is 0 Å². The minimum Gasteiger partial charge on any atom is -0.480 e. The van der Waals surface area contributed by atoms with E-state index in [1.807, 2.05) is 30.3 Å². The highest BCUT2D eigenvalue weighted by Crippen LogP contribution is 2.28. The summed E-state index contributed by atoms with van der Waals surface area (Å²) >= 11 is 3.30. The monoisotopic (exact) mass is 1510 g/mol. The molecule has 0 saturated carbocycles. The third kappa shape index (κ3) is 24.4. The number of carbonyl (C=O) groups excluding carboxylic acids is 10. The Balaban J connectivity index is 0.000000203. The third-order valence-electron chi connectivity index (χ3n) is 16.2. The number of aliphatic carboxylic acids is 1. The second-order valence-corrected chi connectivity index (χ2v) is 28.8. The molecule has 0 unspecified atom stereocenters. The van der Waals surface area contributed by atoms with Gasteiger partial charge in [0, 0.05) is 130 Å². The average Bonchev–Trinajstić information content (AvgIpc) is 1.69. The van der Waals surface area contributed by atoms with Crippen LogP contribution in [0.15, 0.2) is 115 Å². The van der Waals surface area contributed by atoms with Crippen LogP contribution >= 0.6 is 15.9 Å². The Morgan fingerprint density at radius 3 is 1.40 bits per heavy atom. The van der Waals surface area contributed by atoms with Crippen molar-refractivity contribution in [3.8, 4) is 0 Å². The highest BCUT2D eigenvalue weighted by molar-refractivity contribution is 9.18. The summed E-state index contributed by atoms with van der Waals surface area (Å²) in [5.74, 6) is -3.21.